The van der Waals surface area contributed by atoms with Crippen LogP contribution in [-0.4, -0.2) is 36.2 Å². The highest BCUT2D eigenvalue weighted by Gasteiger charge is 2.25. The van der Waals surface area contributed by atoms with Crippen LogP contribution < -0.4 is 5.56 Å². The maximum atomic E-state index is 12.7. The van der Waals surface area contributed by atoms with E-state index in [1.807, 2.05) is 31.2 Å². The summed E-state index contributed by atoms with van der Waals surface area (Å²) in [5, 5.41) is 19.8. The van der Waals surface area contributed by atoms with E-state index in [2.05, 4.69) is 20.4 Å². The summed E-state index contributed by atoms with van der Waals surface area (Å²) in [6, 6.07) is 7.53. The van der Waals surface area contributed by atoms with E-state index in [4.69, 9.17) is 4.74 Å². The van der Waals surface area contributed by atoms with Crippen LogP contribution in [0.5, 0.6) is 0 Å². The lowest BCUT2D eigenvalue weighted by Gasteiger charge is -2.07. The van der Waals surface area contributed by atoms with Gasteiger partial charge in [-0.25, -0.2) is 4.68 Å². The minimum absolute atomic E-state index is 0.0521. The Morgan fingerprint density at radius 2 is 2.08 bits per heavy atom. The van der Waals surface area contributed by atoms with Crippen LogP contribution in [0.15, 0.2) is 29.1 Å². The van der Waals surface area contributed by atoms with Crippen molar-refractivity contribution >= 4 is 27.1 Å². The van der Waals surface area contributed by atoms with Crippen molar-refractivity contribution in [1.82, 2.24) is 29.6 Å². The first-order valence-electron chi connectivity index (χ1n) is 8.50. The largest absolute Gasteiger partial charge is 0.370 e. The van der Waals surface area contributed by atoms with Crippen molar-refractivity contribution in [3.63, 3.8) is 0 Å². The molecule has 1 aromatic carbocycles. The van der Waals surface area contributed by atoms with Gasteiger partial charge in [0, 0.05) is 12.0 Å². The number of hydrogen-bond donors (Lipinski definition) is 0. The van der Waals surface area contributed by atoms with Crippen LogP contribution in [0, 0.1) is 6.92 Å². The van der Waals surface area contributed by atoms with Crippen LogP contribution >= 0.6 is 11.3 Å². The lowest BCUT2D eigenvalue weighted by Crippen LogP contribution is -2.24. The fourth-order valence-electron chi connectivity index (χ4n) is 3.36. The predicted octanol–water partition coefficient (Wildman–Crippen LogP) is 2.10. The molecule has 1 fully saturated rings. The molecular weight excluding hydrogens is 352 g/mol. The number of nitrogens with zero attached hydrogens (tertiary/aromatic N) is 6. The van der Waals surface area contributed by atoms with Crippen LogP contribution in [0.3, 0.4) is 0 Å². The normalized spacial score (nSPS) is 17.5. The highest BCUT2D eigenvalue weighted by atomic mass is 32.1. The van der Waals surface area contributed by atoms with Crippen molar-refractivity contribution in [2.75, 3.05) is 6.61 Å². The second kappa shape index (κ2) is 5.96. The van der Waals surface area contributed by atoms with Gasteiger partial charge in [-0.1, -0.05) is 29.5 Å². The zero-order chi connectivity index (χ0) is 17.7. The van der Waals surface area contributed by atoms with Gasteiger partial charge in [0.25, 0.3) is 5.56 Å². The van der Waals surface area contributed by atoms with E-state index in [-0.39, 0.29) is 11.7 Å². The second-order valence-corrected chi connectivity index (χ2v) is 7.38. The van der Waals surface area contributed by atoms with Crippen LogP contribution in [0.4, 0.5) is 0 Å². The topological polar surface area (TPSA) is 87.2 Å². The summed E-state index contributed by atoms with van der Waals surface area (Å²) in [6.07, 6.45) is 1.90. The minimum atomic E-state index is -0.114. The molecule has 0 bridgehead atoms. The first-order chi connectivity index (χ1) is 12.7. The first-order valence-corrected chi connectivity index (χ1v) is 9.31. The van der Waals surface area contributed by atoms with Crippen LogP contribution in [0.2, 0.25) is 0 Å². The molecule has 1 atom stereocenters. The van der Waals surface area contributed by atoms with Crippen LogP contribution in [-0.2, 0) is 11.3 Å². The Bertz CT molecular complexity index is 1170. The molecule has 0 amide bonds. The maximum absolute atomic E-state index is 12.7. The van der Waals surface area contributed by atoms with Gasteiger partial charge in [-0.05, 0) is 25.8 Å². The molecule has 3 aromatic heterocycles. The zero-order valence-electron chi connectivity index (χ0n) is 14.1. The Kier molecular flexibility index (Phi) is 3.57. The van der Waals surface area contributed by atoms with Crippen molar-refractivity contribution in [2.45, 2.75) is 32.4 Å². The van der Waals surface area contributed by atoms with E-state index in [1.54, 1.807) is 4.52 Å². The molecule has 26 heavy (non-hydrogen) atoms. The van der Waals surface area contributed by atoms with E-state index in [1.165, 1.54) is 16.0 Å². The highest BCUT2D eigenvalue weighted by molar-refractivity contribution is 7.16. The Balaban J connectivity index is 1.54. The van der Waals surface area contributed by atoms with Crippen molar-refractivity contribution < 1.29 is 4.74 Å². The van der Waals surface area contributed by atoms with E-state index in [0.717, 1.165) is 41.4 Å². The van der Waals surface area contributed by atoms with Gasteiger partial charge in [-0.2, -0.15) is 14.7 Å². The number of hydrogen-bond acceptors (Lipinski definition) is 7. The molecule has 0 aliphatic carbocycles. The SMILES string of the molecule is Cc1nn(Cc2nn3c([C@H]4CCCO4)nnc3s2)c(=O)c2ccccc12. The molecule has 1 aliphatic heterocycles. The quantitative estimate of drug-likeness (QED) is 0.550. The third-order valence-electron chi connectivity index (χ3n) is 4.61. The summed E-state index contributed by atoms with van der Waals surface area (Å²) >= 11 is 1.41. The van der Waals surface area contributed by atoms with Gasteiger partial charge in [0.05, 0.1) is 17.6 Å². The lowest BCUT2D eigenvalue weighted by molar-refractivity contribution is 0.103. The van der Waals surface area contributed by atoms with E-state index < -0.39 is 0 Å². The monoisotopic (exact) mass is 368 g/mol. The Labute approximate surface area is 152 Å². The zero-order valence-corrected chi connectivity index (χ0v) is 14.9. The molecule has 0 radical (unpaired) electrons. The van der Waals surface area contributed by atoms with E-state index in [9.17, 15) is 4.79 Å². The molecule has 0 N–H and O–H groups in total. The van der Waals surface area contributed by atoms with Crippen molar-refractivity contribution in [3.05, 3.63) is 51.1 Å². The summed E-state index contributed by atoms with van der Waals surface area (Å²) in [4.78, 5) is 13.4. The predicted molar refractivity (Wildman–Crippen MR) is 96.4 cm³/mol. The van der Waals surface area contributed by atoms with Gasteiger partial charge < -0.3 is 4.74 Å². The number of ether oxygens (including phenoxy) is 1. The number of benzene rings is 1. The summed E-state index contributed by atoms with van der Waals surface area (Å²) < 4.78 is 8.89. The van der Waals surface area contributed by atoms with Gasteiger partial charge in [-0.3, -0.25) is 4.79 Å². The van der Waals surface area contributed by atoms with E-state index >= 15 is 0 Å². The van der Waals surface area contributed by atoms with Crippen LogP contribution in [0.25, 0.3) is 15.7 Å². The van der Waals surface area contributed by atoms with Gasteiger partial charge in [0.2, 0.25) is 4.96 Å². The third-order valence-corrected chi connectivity index (χ3v) is 5.50. The highest BCUT2D eigenvalue weighted by Crippen LogP contribution is 2.28. The molecule has 1 saturated heterocycles. The number of aromatic nitrogens is 6. The average molecular weight is 368 g/mol. The third kappa shape index (κ3) is 2.43. The molecule has 8 nitrogen and oxygen atoms in total. The van der Waals surface area contributed by atoms with E-state index in [0.29, 0.717) is 16.9 Å². The molecular formula is C17H16N6O2S. The molecule has 9 heteroatoms. The molecule has 1 aliphatic rings. The van der Waals surface area contributed by atoms with Crippen molar-refractivity contribution in [1.29, 1.82) is 0 Å². The number of fused-ring (bicyclic) bond motifs is 2. The molecule has 5 rings (SSSR count). The maximum Gasteiger partial charge on any atom is 0.275 e. The standard InChI is InChI=1S/C17H16N6O2S/c1-10-11-5-2-3-6-12(11)16(24)22(20-10)9-14-21-23-15(13-7-4-8-25-13)18-19-17(23)26-14/h2-3,5-6,13H,4,7-9H2,1H3/t13-/m1/s1. The first kappa shape index (κ1) is 15.6. The van der Waals surface area contributed by atoms with Crippen molar-refractivity contribution in [2.24, 2.45) is 0 Å². The summed E-state index contributed by atoms with van der Waals surface area (Å²) in [6.45, 7) is 2.96. The molecule has 0 saturated carbocycles. The fraction of sp³-hybridized carbons (Fsp3) is 0.353. The number of rotatable bonds is 3. The van der Waals surface area contributed by atoms with Crippen molar-refractivity contribution in [3.8, 4) is 0 Å². The average Bonchev–Trinajstić information content (AvgIpc) is 3.36. The van der Waals surface area contributed by atoms with Gasteiger partial charge in [0.15, 0.2) is 5.82 Å². The van der Waals surface area contributed by atoms with Gasteiger partial charge >= 0.3 is 0 Å². The Morgan fingerprint density at radius 1 is 1.23 bits per heavy atom. The summed E-state index contributed by atoms with van der Waals surface area (Å²) in [5.41, 5.74) is 0.708. The second-order valence-electron chi connectivity index (χ2n) is 6.34. The smallest absolute Gasteiger partial charge is 0.275 e. The molecule has 4 aromatic rings. The van der Waals surface area contributed by atoms with Gasteiger partial charge in [-0.15, -0.1) is 10.2 Å². The Morgan fingerprint density at radius 3 is 2.88 bits per heavy atom. The van der Waals surface area contributed by atoms with Crippen LogP contribution in [0.1, 0.15) is 35.5 Å². The summed E-state index contributed by atoms with van der Waals surface area (Å²) in [5.74, 6) is 0.731. The fourth-order valence-corrected chi connectivity index (χ4v) is 4.18. The summed E-state index contributed by atoms with van der Waals surface area (Å²) in [7, 11) is 0. The lowest BCUT2D eigenvalue weighted by atomic mass is 10.1. The Hall–Kier alpha value is -2.65. The van der Waals surface area contributed by atoms with Gasteiger partial charge in [0.1, 0.15) is 11.1 Å². The number of aryl methyl sites for hydroxylation is 1. The molecule has 0 spiro atoms. The minimum Gasteiger partial charge on any atom is -0.370 e. The molecule has 132 valence electrons. The molecule has 4 heterocycles. The molecule has 0 unspecified atom stereocenters.